The normalized spacial score (nSPS) is 16.0. The molecule has 8 nitrogen and oxygen atoms in total. The number of anilines is 2. The Hall–Kier alpha value is -3.67. The topological polar surface area (TPSA) is 121 Å². The number of halogens is 1. The molecule has 27 heavy (non-hydrogen) atoms. The number of benzene rings is 1. The summed E-state index contributed by atoms with van der Waals surface area (Å²) in [5.74, 6) is -0.833. The van der Waals surface area contributed by atoms with E-state index in [-0.39, 0.29) is 35.9 Å². The molecule has 138 valence electrons. The highest BCUT2D eigenvalue weighted by atomic mass is 19.1. The van der Waals surface area contributed by atoms with Gasteiger partial charge < -0.3 is 15.8 Å². The van der Waals surface area contributed by atoms with E-state index in [2.05, 4.69) is 10.3 Å². The molecule has 1 aliphatic rings. The second-order valence-electron chi connectivity index (χ2n) is 5.95. The maximum Gasteiger partial charge on any atom is 0.414 e. The van der Waals surface area contributed by atoms with Crippen LogP contribution in [0.5, 0.6) is 0 Å². The van der Waals surface area contributed by atoms with Crippen LogP contribution in [0.1, 0.15) is 12.5 Å². The molecule has 1 aromatic heterocycles. The minimum Gasteiger partial charge on any atom is -0.442 e. The molecule has 2 aromatic rings. The van der Waals surface area contributed by atoms with E-state index in [4.69, 9.17) is 10.5 Å². The van der Waals surface area contributed by atoms with E-state index in [1.807, 2.05) is 6.07 Å². The van der Waals surface area contributed by atoms with Gasteiger partial charge in [0.25, 0.3) is 0 Å². The zero-order chi connectivity index (χ0) is 19.6. The number of ether oxygens (including phenoxy) is 1. The number of nitrogens with one attached hydrogen (secondary N) is 1. The van der Waals surface area contributed by atoms with Crippen LogP contribution in [-0.2, 0) is 9.53 Å². The van der Waals surface area contributed by atoms with Crippen molar-refractivity contribution in [2.75, 3.05) is 23.7 Å². The van der Waals surface area contributed by atoms with E-state index in [0.717, 1.165) is 0 Å². The minimum absolute atomic E-state index is 0.0161. The molecule has 1 aliphatic heterocycles. The Labute approximate surface area is 154 Å². The highest BCUT2D eigenvalue weighted by Crippen LogP contribution is 2.31. The molecule has 0 radical (unpaired) electrons. The van der Waals surface area contributed by atoms with Crippen LogP contribution < -0.4 is 16.0 Å². The first-order valence-corrected chi connectivity index (χ1v) is 8.07. The second-order valence-corrected chi connectivity index (χ2v) is 5.95. The SMILES string of the molecule is CC(=O)NC[C@H]1CN(c2ccc(-c3ccnc(N)c3C#N)c(F)c2)C(=O)O1. The number of cyclic esters (lactones) is 1. The monoisotopic (exact) mass is 369 g/mol. The molecule has 9 heteroatoms. The van der Waals surface area contributed by atoms with E-state index in [1.165, 1.54) is 36.2 Å². The van der Waals surface area contributed by atoms with Crippen LogP contribution in [0.15, 0.2) is 30.5 Å². The molecule has 1 fully saturated rings. The minimum atomic E-state index is -0.622. The predicted molar refractivity (Wildman–Crippen MR) is 95.1 cm³/mol. The van der Waals surface area contributed by atoms with E-state index in [1.54, 1.807) is 6.07 Å². The van der Waals surface area contributed by atoms with Crippen molar-refractivity contribution < 1.29 is 18.7 Å². The summed E-state index contributed by atoms with van der Waals surface area (Å²) in [6.45, 7) is 1.73. The van der Waals surface area contributed by atoms with Crippen LogP contribution in [0.4, 0.5) is 20.7 Å². The number of nitrogen functional groups attached to an aromatic ring is 1. The third-order valence-electron chi connectivity index (χ3n) is 4.10. The molecule has 1 atom stereocenters. The number of rotatable bonds is 4. The van der Waals surface area contributed by atoms with Crippen LogP contribution in [-0.4, -0.2) is 36.2 Å². The summed E-state index contributed by atoms with van der Waals surface area (Å²) in [5.41, 5.74) is 6.57. The summed E-state index contributed by atoms with van der Waals surface area (Å²) < 4.78 is 19.9. The Balaban J connectivity index is 1.86. The molecule has 3 rings (SSSR count). The van der Waals surface area contributed by atoms with Crippen LogP contribution in [0.3, 0.4) is 0 Å². The largest absolute Gasteiger partial charge is 0.442 e. The standard InChI is InChI=1S/C18H16FN5O3/c1-10(25)23-8-12-9-24(18(26)27-12)11-2-3-14(16(19)6-11)13-4-5-22-17(21)15(13)7-20/h2-6,12H,8-9H2,1H3,(H2,21,22)(H,23,25)/t12-/m0/s1. The summed E-state index contributed by atoms with van der Waals surface area (Å²) >= 11 is 0. The van der Waals surface area contributed by atoms with Gasteiger partial charge in [-0.2, -0.15) is 5.26 Å². The number of nitriles is 1. The van der Waals surface area contributed by atoms with Crippen molar-refractivity contribution in [3.63, 3.8) is 0 Å². The molecule has 0 unspecified atom stereocenters. The number of aromatic nitrogens is 1. The summed E-state index contributed by atoms with van der Waals surface area (Å²) in [4.78, 5) is 28.1. The molecular formula is C18H16FN5O3. The van der Waals surface area contributed by atoms with Crippen molar-refractivity contribution in [1.82, 2.24) is 10.3 Å². The summed E-state index contributed by atoms with van der Waals surface area (Å²) in [6.07, 6.45) is 0.251. The number of carbonyl (C=O) groups excluding carboxylic acids is 2. The fourth-order valence-corrected chi connectivity index (χ4v) is 2.81. The smallest absolute Gasteiger partial charge is 0.414 e. The number of pyridine rings is 1. The second kappa shape index (κ2) is 7.29. The van der Waals surface area contributed by atoms with Gasteiger partial charge in [0.1, 0.15) is 29.4 Å². The zero-order valence-corrected chi connectivity index (χ0v) is 14.4. The lowest BCUT2D eigenvalue weighted by molar-refractivity contribution is -0.119. The maximum absolute atomic E-state index is 14.7. The highest BCUT2D eigenvalue weighted by Gasteiger charge is 2.32. The molecule has 0 saturated carbocycles. The van der Waals surface area contributed by atoms with Crippen molar-refractivity contribution in [3.8, 4) is 17.2 Å². The quantitative estimate of drug-likeness (QED) is 0.848. The molecule has 3 N–H and O–H groups in total. The number of nitrogens with two attached hydrogens (primary N) is 1. The van der Waals surface area contributed by atoms with Crippen molar-refractivity contribution in [2.45, 2.75) is 13.0 Å². The third kappa shape index (κ3) is 3.64. The first kappa shape index (κ1) is 18.1. The Bertz CT molecular complexity index is 956. The number of hydrogen-bond acceptors (Lipinski definition) is 6. The van der Waals surface area contributed by atoms with E-state index in [9.17, 15) is 19.2 Å². The van der Waals surface area contributed by atoms with Gasteiger partial charge in [0.05, 0.1) is 18.8 Å². The first-order valence-electron chi connectivity index (χ1n) is 8.07. The van der Waals surface area contributed by atoms with Gasteiger partial charge in [-0.25, -0.2) is 14.2 Å². The van der Waals surface area contributed by atoms with Crippen LogP contribution in [0.25, 0.3) is 11.1 Å². The zero-order valence-electron chi connectivity index (χ0n) is 14.4. The van der Waals surface area contributed by atoms with Gasteiger partial charge in [-0.15, -0.1) is 0 Å². The maximum atomic E-state index is 14.7. The summed E-state index contributed by atoms with van der Waals surface area (Å²) in [7, 11) is 0. The fourth-order valence-electron chi connectivity index (χ4n) is 2.81. The number of amides is 2. The van der Waals surface area contributed by atoms with Gasteiger partial charge in [-0.05, 0) is 24.3 Å². The lowest BCUT2D eigenvalue weighted by atomic mass is 10.0. The van der Waals surface area contributed by atoms with Crippen LogP contribution >= 0.6 is 0 Å². The first-order chi connectivity index (χ1) is 12.9. The average molecular weight is 369 g/mol. The van der Waals surface area contributed by atoms with Gasteiger partial charge >= 0.3 is 6.09 Å². The Kier molecular flexibility index (Phi) is 4.90. The molecule has 2 heterocycles. The van der Waals surface area contributed by atoms with Crippen LogP contribution in [0.2, 0.25) is 0 Å². The molecule has 0 spiro atoms. The van der Waals surface area contributed by atoms with Gasteiger partial charge in [0.15, 0.2) is 0 Å². The number of carbonyl (C=O) groups is 2. The molecular weight excluding hydrogens is 353 g/mol. The summed E-state index contributed by atoms with van der Waals surface area (Å²) in [6, 6.07) is 7.63. The Morgan fingerprint density at radius 2 is 2.26 bits per heavy atom. The van der Waals surface area contributed by atoms with Gasteiger partial charge in [0, 0.05) is 24.2 Å². The third-order valence-corrected chi connectivity index (χ3v) is 4.10. The molecule has 0 aliphatic carbocycles. The lowest BCUT2D eigenvalue weighted by Gasteiger charge is -2.15. The fraction of sp³-hybridized carbons (Fsp3) is 0.222. The molecule has 2 amide bonds. The predicted octanol–water partition coefficient (Wildman–Crippen LogP) is 1.80. The molecule has 1 aromatic carbocycles. The highest BCUT2D eigenvalue weighted by molar-refractivity contribution is 5.90. The van der Waals surface area contributed by atoms with Gasteiger partial charge in [-0.3, -0.25) is 9.69 Å². The Morgan fingerprint density at radius 3 is 2.93 bits per heavy atom. The Morgan fingerprint density at radius 1 is 1.48 bits per heavy atom. The summed E-state index contributed by atoms with van der Waals surface area (Å²) in [5, 5.41) is 11.8. The van der Waals surface area contributed by atoms with Gasteiger partial charge in [0.2, 0.25) is 5.91 Å². The molecule has 0 bridgehead atoms. The van der Waals surface area contributed by atoms with Crippen molar-refractivity contribution in [1.29, 1.82) is 5.26 Å². The van der Waals surface area contributed by atoms with Crippen LogP contribution in [0, 0.1) is 17.1 Å². The van der Waals surface area contributed by atoms with E-state index in [0.29, 0.717) is 11.3 Å². The van der Waals surface area contributed by atoms with Crippen molar-refractivity contribution >= 4 is 23.5 Å². The average Bonchev–Trinajstić information content (AvgIpc) is 3.00. The number of hydrogen-bond donors (Lipinski definition) is 2. The van der Waals surface area contributed by atoms with Gasteiger partial charge in [-0.1, -0.05) is 0 Å². The lowest BCUT2D eigenvalue weighted by Crippen LogP contribution is -2.33. The van der Waals surface area contributed by atoms with Crippen molar-refractivity contribution in [3.05, 3.63) is 41.8 Å². The molecule has 1 saturated heterocycles. The number of nitrogens with zero attached hydrogens (tertiary/aromatic N) is 3. The van der Waals surface area contributed by atoms with E-state index >= 15 is 0 Å². The van der Waals surface area contributed by atoms with Crippen molar-refractivity contribution in [2.24, 2.45) is 0 Å². The van der Waals surface area contributed by atoms with E-state index < -0.39 is 18.0 Å².